The third kappa shape index (κ3) is 48.6. The number of aliphatic hydroxyl groups is 1. The second-order valence-electron chi connectivity index (χ2n) is 19.9. The highest BCUT2D eigenvalue weighted by Gasteiger charge is 2.23. The van der Waals surface area contributed by atoms with Gasteiger partial charge in [0.15, 0.2) is 0 Å². The highest BCUT2D eigenvalue weighted by Crippen LogP contribution is 2.38. The monoisotopic (exact) mass is 923 g/mol. The summed E-state index contributed by atoms with van der Waals surface area (Å²) in [5.74, 6) is -0.206. The Morgan fingerprint density at radius 1 is 0.531 bits per heavy atom. The maximum absolute atomic E-state index is 12.9. The first-order valence-electron chi connectivity index (χ1n) is 27.4. The van der Waals surface area contributed by atoms with Crippen LogP contribution in [0.4, 0.5) is 0 Å². The number of amides is 1. The molecule has 64 heavy (non-hydrogen) atoms. The molecule has 0 aliphatic heterocycles. The zero-order chi connectivity index (χ0) is 47.1. The molecule has 0 saturated heterocycles. The Morgan fingerprint density at radius 2 is 0.875 bits per heavy atom. The van der Waals surface area contributed by atoms with Crippen molar-refractivity contribution in [2.75, 3.05) is 40.9 Å². The predicted molar refractivity (Wildman–Crippen MR) is 275 cm³/mol. The average molecular weight is 923 g/mol. The van der Waals surface area contributed by atoms with Crippen LogP contribution in [0.1, 0.15) is 258 Å². The molecule has 0 aromatic carbocycles. The van der Waals surface area contributed by atoms with Crippen molar-refractivity contribution in [3.05, 3.63) is 36.5 Å². The van der Waals surface area contributed by atoms with Gasteiger partial charge in [0.25, 0.3) is 7.82 Å². The lowest BCUT2D eigenvalue weighted by atomic mass is 10.0. The van der Waals surface area contributed by atoms with Gasteiger partial charge in [0.2, 0.25) is 5.91 Å². The topological polar surface area (TPSA) is 108 Å². The van der Waals surface area contributed by atoms with E-state index >= 15 is 0 Å². The molecular formula is C55H107N2O6P. The summed E-state index contributed by atoms with van der Waals surface area (Å²) in [6, 6.07) is -0.902. The number of hydrogen-bond acceptors (Lipinski definition) is 6. The Morgan fingerprint density at radius 3 is 1.27 bits per heavy atom. The molecule has 2 N–H and O–H groups in total. The Labute approximate surface area is 397 Å². The van der Waals surface area contributed by atoms with Gasteiger partial charge in [-0.25, -0.2) is 0 Å². The zero-order valence-corrected chi connectivity index (χ0v) is 43.9. The minimum Gasteiger partial charge on any atom is -0.756 e. The minimum atomic E-state index is -4.60. The molecule has 0 radical (unpaired) electrons. The molecule has 0 aliphatic rings. The molecule has 0 saturated carbocycles. The number of hydrogen-bond donors (Lipinski definition) is 2. The van der Waals surface area contributed by atoms with E-state index in [1.165, 1.54) is 199 Å². The van der Waals surface area contributed by atoms with Crippen molar-refractivity contribution in [1.82, 2.24) is 5.32 Å². The van der Waals surface area contributed by atoms with Gasteiger partial charge in [-0.15, -0.1) is 0 Å². The van der Waals surface area contributed by atoms with Crippen LogP contribution in [0.15, 0.2) is 36.5 Å². The van der Waals surface area contributed by atoms with Gasteiger partial charge in [-0.1, -0.05) is 230 Å². The summed E-state index contributed by atoms with van der Waals surface area (Å²) in [5.41, 5.74) is 0. The lowest BCUT2D eigenvalue weighted by Gasteiger charge is -2.29. The summed E-state index contributed by atoms with van der Waals surface area (Å²) < 4.78 is 23.3. The molecule has 0 bridgehead atoms. The quantitative estimate of drug-likeness (QED) is 0.0272. The number of allylic oxidation sites excluding steroid dienone is 5. The largest absolute Gasteiger partial charge is 0.756 e. The van der Waals surface area contributed by atoms with Crippen LogP contribution < -0.4 is 10.2 Å². The van der Waals surface area contributed by atoms with Gasteiger partial charge in [0, 0.05) is 6.42 Å². The number of nitrogens with one attached hydrogen (secondary N) is 1. The molecular weight excluding hydrogens is 816 g/mol. The fraction of sp³-hybridized carbons (Fsp3) is 0.873. The number of likely N-dealkylation sites (N-methyl/N-ethyl adjacent to an activating group) is 1. The maximum Gasteiger partial charge on any atom is 0.268 e. The number of carbonyl (C=O) groups excluding carboxylic acids is 1. The van der Waals surface area contributed by atoms with E-state index in [1.807, 2.05) is 27.2 Å². The Kier molecular flexibility index (Phi) is 45.9. The lowest BCUT2D eigenvalue weighted by molar-refractivity contribution is -0.870. The average Bonchev–Trinajstić information content (AvgIpc) is 3.25. The normalized spacial score (nSPS) is 14.3. The van der Waals surface area contributed by atoms with E-state index in [0.29, 0.717) is 17.4 Å². The van der Waals surface area contributed by atoms with Gasteiger partial charge in [0.1, 0.15) is 13.2 Å². The fourth-order valence-corrected chi connectivity index (χ4v) is 8.71. The van der Waals surface area contributed by atoms with Crippen LogP contribution in [-0.2, 0) is 18.4 Å². The van der Waals surface area contributed by atoms with E-state index < -0.39 is 26.6 Å². The number of rotatable bonds is 50. The molecule has 378 valence electrons. The van der Waals surface area contributed by atoms with Crippen LogP contribution in [-0.4, -0.2) is 68.5 Å². The Hall–Kier alpha value is -1.28. The van der Waals surface area contributed by atoms with Crippen LogP contribution in [0.2, 0.25) is 0 Å². The number of carbonyl (C=O) groups is 1. The standard InChI is InChI=1S/C55H107N2O6P/c1-6-8-10-12-14-16-18-20-22-23-24-25-26-27-28-29-30-31-32-33-34-35-37-39-41-43-45-47-49-55(59)56-53(52-63-64(60,61)62-51-50-57(3,4)5)54(58)48-46-44-42-40-38-36-21-19-17-15-13-11-9-7-2/h27-28,38,40,46,48,53-54,58H,6-26,29-37,39,41-45,47,49-52H2,1-5H3,(H-,56,59,60,61)/b28-27-,40-38+,48-46+. The summed E-state index contributed by atoms with van der Waals surface area (Å²) in [7, 11) is 1.25. The lowest BCUT2D eigenvalue weighted by Crippen LogP contribution is -2.45. The van der Waals surface area contributed by atoms with E-state index in [9.17, 15) is 19.4 Å². The van der Waals surface area contributed by atoms with Gasteiger partial charge in [-0.3, -0.25) is 9.36 Å². The summed E-state index contributed by atoms with van der Waals surface area (Å²) in [5, 5.41) is 13.8. The van der Waals surface area contributed by atoms with Crippen molar-refractivity contribution in [3.63, 3.8) is 0 Å². The minimum absolute atomic E-state index is 0.00581. The van der Waals surface area contributed by atoms with Gasteiger partial charge >= 0.3 is 0 Å². The Balaban J connectivity index is 4.15. The first kappa shape index (κ1) is 62.7. The number of nitrogens with zero attached hydrogens (tertiary/aromatic N) is 1. The van der Waals surface area contributed by atoms with Crippen molar-refractivity contribution in [2.24, 2.45) is 0 Å². The van der Waals surface area contributed by atoms with Crippen LogP contribution in [0.25, 0.3) is 0 Å². The molecule has 1 amide bonds. The van der Waals surface area contributed by atoms with Gasteiger partial charge in [-0.2, -0.15) is 0 Å². The van der Waals surface area contributed by atoms with E-state index in [-0.39, 0.29) is 12.5 Å². The molecule has 0 aromatic heterocycles. The van der Waals surface area contributed by atoms with Crippen LogP contribution in [0, 0.1) is 0 Å². The van der Waals surface area contributed by atoms with Crippen molar-refractivity contribution in [3.8, 4) is 0 Å². The van der Waals surface area contributed by atoms with E-state index in [0.717, 1.165) is 38.5 Å². The number of quaternary nitrogens is 1. The Bertz CT molecular complexity index is 1140. The molecule has 8 nitrogen and oxygen atoms in total. The maximum atomic E-state index is 12.9. The number of phosphoric acid groups is 1. The zero-order valence-electron chi connectivity index (χ0n) is 43.0. The molecule has 0 rings (SSSR count). The first-order chi connectivity index (χ1) is 31.0. The van der Waals surface area contributed by atoms with Crippen molar-refractivity contribution in [2.45, 2.75) is 270 Å². The molecule has 3 unspecified atom stereocenters. The van der Waals surface area contributed by atoms with Crippen molar-refractivity contribution >= 4 is 13.7 Å². The van der Waals surface area contributed by atoms with E-state index in [2.05, 4.69) is 43.5 Å². The molecule has 0 fully saturated rings. The van der Waals surface area contributed by atoms with Crippen molar-refractivity contribution in [1.29, 1.82) is 0 Å². The third-order valence-corrected chi connectivity index (χ3v) is 13.3. The first-order valence-corrected chi connectivity index (χ1v) is 28.8. The molecule has 9 heteroatoms. The number of phosphoric ester groups is 1. The summed E-state index contributed by atoms with van der Waals surface area (Å²) >= 11 is 0. The van der Waals surface area contributed by atoms with Gasteiger partial charge in [-0.05, 0) is 57.8 Å². The second kappa shape index (κ2) is 46.8. The molecule has 0 aromatic rings. The van der Waals surface area contributed by atoms with Crippen LogP contribution in [0.5, 0.6) is 0 Å². The molecule has 0 spiro atoms. The number of aliphatic hydroxyl groups excluding tert-OH is 1. The summed E-state index contributed by atoms with van der Waals surface area (Å²) in [6.45, 7) is 4.64. The number of unbranched alkanes of at least 4 members (excludes halogenated alkanes) is 33. The smallest absolute Gasteiger partial charge is 0.268 e. The molecule has 0 heterocycles. The highest BCUT2D eigenvalue weighted by atomic mass is 31.2. The SMILES string of the molecule is CCCCCCCCCC/C=C/CC/C=C/C(O)C(COP(=O)([O-])OCC[N+](C)(C)C)NC(=O)CCCCCCCCCCCCCC/C=C\CCCCCCCCCCCCCC. The van der Waals surface area contributed by atoms with Gasteiger partial charge in [0.05, 0.1) is 39.9 Å². The van der Waals surface area contributed by atoms with Gasteiger partial charge < -0.3 is 28.8 Å². The predicted octanol–water partition coefficient (Wildman–Crippen LogP) is 15.6. The fourth-order valence-electron chi connectivity index (χ4n) is 7.99. The van der Waals surface area contributed by atoms with Crippen molar-refractivity contribution < 1.29 is 32.9 Å². The van der Waals surface area contributed by atoms with Crippen LogP contribution in [0.3, 0.4) is 0 Å². The highest BCUT2D eigenvalue weighted by molar-refractivity contribution is 7.45. The summed E-state index contributed by atoms with van der Waals surface area (Å²) in [6.07, 6.45) is 59.4. The molecule has 3 atom stereocenters. The third-order valence-electron chi connectivity index (χ3n) is 12.3. The summed E-state index contributed by atoms with van der Waals surface area (Å²) in [4.78, 5) is 25.4. The second-order valence-corrected chi connectivity index (χ2v) is 21.3. The van der Waals surface area contributed by atoms with E-state index in [4.69, 9.17) is 9.05 Å². The van der Waals surface area contributed by atoms with E-state index in [1.54, 1.807) is 6.08 Å². The van der Waals surface area contributed by atoms with Crippen LogP contribution >= 0.6 is 7.82 Å². The molecule has 0 aliphatic carbocycles.